The molecule has 0 unspecified atom stereocenters. The van der Waals surface area contributed by atoms with Crippen LogP contribution in [0, 0.1) is 0 Å². The molecule has 3 rings (SSSR count). The zero-order chi connectivity index (χ0) is 17.5. The second kappa shape index (κ2) is 10.1. The molecule has 2 heterocycles. The van der Waals surface area contributed by atoms with Gasteiger partial charge in [-0.05, 0) is 37.9 Å². The van der Waals surface area contributed by atoms with E-state index in [0.717, 1.165) is 32.4 Å². The summed E-state index contributed by atoms with van der Waals surface area (Å²) in [6.07, 6.45) is 6.38. The van der Waals surface area contributed by atoms with Crippen LogP contribution in [0.4, 0.5) is 0 Å². The van der Waals surface area contributed by atoms with Crippen molar-refractivity contribution < 1.29 is 4.79 Å². The molecule has 0 atom stereocenters. The minimum absolute atomic E-state index is 0. The van der Waals surface area contributed by atoms with Crippen LogP contribution in [-0.2, 0) is 6.42 Å². The molecule has 0 bridgehead atoms. The van der Waals surface area contributed by atoms with E-state index in [1.54, 1.807) is 17.2 Å². The fraction of sp³-hybridized carbons (Fsp3) is 0.421. The maximum absolute atomic E-state index is 12.8. The van der Waals surface area contributed by atoms with E-state index in [1.807, 2.05) is 22.9 Å². The molecule has 1 aliphatic heterocycles. The lowest BCUT2D eigenvalue weighted by Gasteiger charge is -2.22. The van der Waals surface area contributed by atoms with Crippen molar-refractivity contribution in [1.29, 1.82) is 0 Å². The van der Waals surface area contributed by atoms with Gasteiger partial charge in [-0.2, -0.15) is 0 Å². The summed E-state index contributed by atoms with van der Waals surface area (Å²) in [7, 11) is 0. The van der Waals surface area contributed by atoms with Gasteiger partial charge >= 0.3 is 0 Å². The van der Waals surface area contributed by atoms with Crippen molar-refractivity contribution in [1.82, 2.24) is 25.2 Å². The Morgan fingerprint density at radius 2 is 2.04 bits per heavy atom. The third-order valence-corrected chi connectivity index (χ3v) is 4.56. The first-order chi connectivity index (χ1) is 12.3. The van der Waals surface area contributed by atoms with E-state index in [-0.39, 0.29) is 18.3 Å². The minimum atomic E-state index is -0.0870. The van der Waals surface area contributed by atoms with Crippen molar-refractivity contribution in [2.45, 2.75) is 25.3 Å². The predicted octanol–water partition coefficient (Wildman–Crippen LogP) is 2.50. The van der Waals surface area contributed by atoms with E-state index in [2.05, 4.69) is 34.3 Å². The average Bonchev–Trinajstić information content (AvgIpc) is 3.16. The van der Waals surface area contributed by atoms with Crippen molar-refractivity contribution in [2.75, 3.05) is 26.2 Å². The van der Waals surface area contributed by atoms with Crippen LogP contribution >= 0.6 is 12.4 Å². The maximum atomic E-state index is 12.8. The molecule has 1 amide bonds. The number of nitrogens with zero attached hydrogens (tertiary/aromatic N) is 4. The average molecular weight is 376 g/mol. The number of hydrogen-bond donors (Lipinski definition) is 1. The summed E-state index contributed by atoms with van der Waals surface area (Å²) in [4.78, 5) is 14.6. The summed E-state index contributed by atoms with van der Waals surface area (Å²) in [6.45, 7) is 6.87. The number of nitrogens with one attached hydrogen (secondary N) is 1. The van der Waals surface area contributed by atoms with E-state index in [9.17, 15) is 4.79 Å². The minimum Gasteiger partial charge on any atom is -0.333 e. The second-order valence-corrected chi connectivity index (χ2v) is 6.34. The van der Waals surface area contributed by atoms with Gasteiger partial charge in [0, 0.05) is 13.1 Å². The first-order valence-corrected chi connectivity index (χ1v) is 8.84. The van der Waals surface area contributed by atoms with E-state index in [1.165, 1.54) is 5.56 Å². The Kier molecular flexibility index (Phi) is 7.81. The third kappa shape index (κ3) is 5.16. The van der Waals surface area contributed by atoms with Crippen LogP contribution in [0.15, 0.2) is 49.2 Å². The summed E-state index contributed by atoms with van der Waals surface area (Å²) < 4.78 is 1.84. The highest BCUT2D eigenvalue weighted by atomic mass is 35.5. The van der Waals surface area contributed by atoms with Crippen molar-refractivity contribution >= 4 is 18.3 Å². The summed E-state index contributed by atoms with van der Waals surface area (Å²) in [5, 5.41) is 11.6. The molecular weight excluding hydrogens is 350 g/mol. The number of rotatable bonds is 7. The monoisotopic (exact) mass is 375 g/mol. The molecule has 0 spiro atoms. The van der Waals surface area contributed by atoms with Gasteiger partial charge in [0.1, 0.15) is 0 Å². The zero-order valence-electron chi connectivity index (χ0n) is 14.9. The molecule has 2 aromatic rings. The molecule has 1 aromatic heterocycles. The largest absolute Gasteiger partial charge is 0.333 e. The Labute approximate surface area is 160 Å². The van der Waals surface area contributed by atoms with Crippen LogP contribution in [0.3, 0.4) is 0 Å². The van der Waals surface area contributed by atoms with Gasteiger partial charge in [-0.1, -0.05) is 41.6 Å². The van der Waals surface area contributed by atoms with Crippen LogP contribution in [0.1, 0.15) is 34.9 Å². The molecule has 1 fully saturated rings. The van der Waals surface area contributed by atoms with Crippen LogP contribution in [0.5, 0.6) is 0 Å². The summed E-state index contributed by atoms with van der Waals surface area (Å²) >= 11 is 0. The van der Waals surface area contributed by atoms with Gasteiger partial charge in [-0.25, -0.2) is 4.68 Å². The second-order valence-electron chi connectivity index (χ2n) is 6.34. The first kappa shape index (κ1) is 20.1. The lowest BCUT2D eigenvalue weighted by molar-refractivity contribution is 0.0769. The van der Waals surface area contributed by atoms with Gasteiger partial charge < -0.3 is 10.2 Å². The topological polar surface area (TPSA) is 63.1 Å². The molecule has 0 radical (unpaired) electrons. The highest BCUT2D eigenvalue weighted by Gasteiger charge is 2.21. The van der Waals surface area contributed by atoms with Gasteiger partial charge in [-0.15, -0.1) is 24.1 Å². The first-order valence-electron chi connectivity index (χ1n) is 8.84. The molecule has 0 saturated carbocycles. The van der Waals surface area contributed by atoms with Crippen molar-refractivity contribution in [3.8, 4) is 0 Å². The maximum Gasteiger partial charge on any atom is 0.276 e. The Balaban J connectivity index is 0.00000243. The van der Waals surface area contributed by atoms with Crippen LogP contribution in [0.25, 0.3) is 0 Å². The number of benzene rings is 1. The highest BCUT2D eigenvalue weighted by molar-refractivity contribution is 5.92. The summed E-state index contributed by atoms with van der Waals surface area (Å²) in [6, 6.07) is 10.5. The summed E-state index contributed by atoms with van der Waals surface area (Å²) in [5.41, 5.74) is 1.62. The number of halogens is 1. The van der Waals surface area contributed by atoms with Gasteiger partial charge in [0.15, 0.2) is 5.69 Å². The molecule has 1 aromatic carbocycles. The highest BCUT2D eigenvalue weighted by Crippen LogP contribution is 2.17. The van der Waals surface area contributed by atoms with Gasteiger partial charge in [0.25, 0.3) is 5.91 Å². The number of carbonyl (C=O) groups excluding carboxylic acids is 1. The van der Waals surface area contributed by atoms with E-state index in [0.29, 0.717) is 24.8 Å². The smallest absolute Gasteiger partial charge is 0.276 e. The van der Waals surface area contributed by atoms with E-state index < -0.39 is 0 Å². The number of amides is 1. The zero-order valence-corrected chi connectivity index (χ0v) is 15.7. The molecule has 26 heavy (non-hydrogen) atoms. The predicted molar refractivity (Wildman–Crippen MR) is 105 cm³/mol. The fourth-order valence-electron chi connectivity index (χ4n) is 3.13. The Morgan fingerprint density at radius 1 is 1.31 bits per heavy atom. The lowest BCUT2D eigenvalue weighted by atomic mass is 10.1. The van der Waals surface area contributed by atoms with Gasteiger partial charge in [-0.3, -0.25) is 4.79 Å². The van der Waals surface area contributed by atoms with Crippen molar-refractivity contribution in [3.05, 3.63) is 60.4 Å². The number of carbonyl (C=O) groups is 1. The van der Waals surface area contributed by atoms with Crippen LogP contribution in [-0.4, -0.2) is 52.0 Å². The standard InChI is InChI=1S/C19H25N5O.ClH/c1-2-13-23(14-10-16-6-4-3-5-7-16)19(25)18-15-24(22-21-18)17-8-11-20-12-9-17;/h2-7,15,17,20H,1,8-14H2;1H. The molecule has 1 N–H and O–H groups in total. The Hall–Kier alpha value is -2.18. The van der Waals surface area contributed by atoms with Crippen LogP contribution in [0.2, 0.25) is 0 Å². The molecule has 1 aliphatic rings. The quantitative estimate of drug-likeness (QED) is 0.755. The molecule has 1 saturated heterocycles. The molecule has 140 valence electrons. The Morgan fingerprint density at radius 3 is 2.73 bits per heavy atom. The Bertz CT molecular complexity index is 697. The normalized spacial score (nSPS) is 14.5. The van der Waals surface area contributed by atoms with Gasteiger partial charge in [0.2, 0.25) is 0 Å². The fourth-order valence-corrected chi connectivity index (χ4v) is 3.13. The van der Waals surface area contributed by atoms with Gasteiger partial charge in [0.05, 0.1) is 12.2 Å². The molecule has 7 heteroatoms. The number of hydrogen-bond acceptors (Lipinski definition) is 4. The van der Waals surface area contributed by atoms with E-state index in [4.69, 9.17) is 0 Å². The molecule has 6 nitrogen and oxygen atoms in total. The summed E-state index contributed by atoms with van der Waals surface area (Å²) in [5.74, 6) is -0.0870. The lowest BCUT2D eigenvalue weighted by Crippen LogP contribution is -2.33. The molecular formula is C19H26ClN5O. The van der Waals surface area contributed by atoms with E-state index >= 15 is 0 Å². The number of piperidine rings is 1. The van der Waals surface area contributed by atoms with Crippen molar-refractivity contribution in [3.63, 3.8) is 0 Å². The SMILES string of the molecule is C=CCN(CCc1ccccc1)C(=O)c1cn(C2CCNCC2)nn1.Cl. The number of aromatic nitrogens is 3. The molecule has 0 aliphatic carbocycles. The van der Waals surface area contributed by atoms with Crippen molar-refractivity contribution in [2.24, 2.45) is 0 Å². The third-order valence-electron chi connectivity index (χ3n) is 4.56. The van der Waals surface area contributed by atoms with Crippen LogP contribution < -0.4 is 5.32 Å².